The van der Waals surface area contributed by atoms with E-state index in [1.54, 1.807) is 11.1 Å². The highest BCUT2D eigenvalue weighted by molar-refractivity contribution is 5.94. The Morgan fingerprint density at radius 1 is 0.758 bits per heavy atom. The summed E-state index contributed by atoms with van der Waals surface area (Å²) in [5.41, 5.74) is 5.98. The van der Waals surface area contributed by atoms with Crippen LogP contribution >= 0.6 is 0 Å². The van der Waals surface area contributed by atoms with Crippen LogP contribution in [0.3, 0.4) is 0 Å². The molecule has 6 heteroatoms. The molecule has 1 saturated heterocycles. The molecule has 0 unspecified atom stereocenters. The fraction of sp³-hybridized carbons (Fsp3) is 0.333. The average molecular weight is 443 g/mol. The van der Waals surface area contributed by atoms with Crippen molar-refractivity contribution in [1.82, 2.24) is 19.8 Å². The van der Waals surface area contributed by atoms with E-state index in [1.807, 2.05) is 81.1 Å². The Balaban J connectivity index is 1.64. The molecule has 6 nitrogen and oxygen atoms in total. The van der Waals surface area contributed by atoms with Gasteiger partial charge in [-0.25, -0.2) is 4.98 Å². The van der Waals surface area contributed by atoms with Gasteiger partial charge in [0.1, 0.15) is 5.69 Å². The monoisotopic (exact) mass is 442 g/mol. The number of carbonyl (C=O) groups excluding carboxylic acids is 2. The van der Waals surface area contributed by atoms with E-state index in [0.717, 1.165) is 22.4 Å². The fourth-order valence-corrected chi connectivity index (χ4v) is 3.98. The molecule has 0 atom stereocenters. The highest BCUT2D eigenvalue weighted by Crippen LogP contribution is 2.29. The molecule has 1 aliphatic heterocycles. The molecule has 0 bridgehead atoms. The van der Waals surface area contributed by atoms with Gasteiger partial charge in [-0.2, -0.15) is 0 Å². The van der Waals surface area contributed by atoms with Crippen molar-refractivity contribution in [1.29, 1.82) is 0 Å². The van der Waals surface area contributed by atoms with Crippen LogP contribution in [0.25, 0.3) is 22.5 Å². The van der Waals surface area contributed by atoms with Crippen LogP contribution in [0.4, 0.5) is 0 Å². The summed E-state index contributed by atoms with van der Waals surface area (Å²) >= 11 is 0. The van der Waals surface area contributed by atoms with Crippen molar-refractivity contribution in [2.24, 2.45) is 5.92 Å². The van der Waals surface area contributed by atoms with Gasteiger partial charge in [-0.15, -0.1) is 0 Å². The van der Waals surface area contributed by atoms with Crippen molar-refractivity contribution < 1.29 is 9.59 Å². The molecular formula is C27H30N4O2. The summed E-state index contributed by atoms with van der Waals surface area (Å²) in [5, 5.41) is 0. The third-order valence-corrected chi connectivity index (χ3v) is 6.01. The summed E-state index contributed by atoms with van der Waals surface area (Å²) in [6.45, 7) is 9.98. The SMILES string of the molecule is Cc1ccc(-c2ncc(C(=O)N3CCN(C(=O)C(C)C)CC3)nc2-c2ccc(C)cc2)cc1. The second kappa shape index (κ2) is 9.53. The number of rotatable bonds is 4. The smallest absolute Gasteiger partial charge is 0.274 e. The molecule has 33 heavy (non-hydrogen) atoms. The Hall–Kier alpha value is -3.54. The minimum Gasteiger partial charge on any atom is -0.339 e. The van der Waals surface area contributed by atoms with Gasteiger partial charge in [0.2, 0.25) is 5.91 Å². The highest BCUT2D eigenvalue weighted by atomic mass is 16.2. The molecule has 0 radical (unpaired) electrons. The molecule has 1 aromatic heterocycles. The van der Waals surface area contributed by atoms with Crippen LogP contribution in [0.1, 0.15) is 35.5 Å². The van der Waals surface area contributed by atoms with Gasteiger partial charge in [-0.3, -0.25) is 14.6 Å². The normalized spacial score (nSPS) is 14.0. The molecule has 2 amide bonds. The minimum atomic E-state index is -0.150. The van der Waals surface area contributed by atoms with E-state index in [-0.39, 0.29) is 17.7 Å². The van der Waals surface area contributed by atoms with Crippen LogP contribution < -0.4 is 0 Å². The lowest BCUT2D eigenvalue weighted by molar-refractivity contribution is -0.135. The van der Waals surface area contributed by atoms with Gasteiger partial charge in [-0.05, 0) is 13.8 Å². The van der Waals surface area contributed by atoms with Crippen molar-refractivity contribution in [3.63, 3.8) is 0 Å². The van der Waals surface area contributed by atoms with E-state index < -0.39 is 0 Å². The van der Waals surface area contributed by atoms with Crippen molar-refractivity contribution in [3.05, 3.63) is 71.5 Å². The van der Waals surface area contributed by atoms with Crippen molar-refractivity contribution in [2.45, 2.75) is 27.7 Å². The number of aromatic nitrogens is 2. The highest BCUT2D eigenvalue weighted by Gasteiger charge is 2.27. The number of hydrogen-bond donors (Lipinski definition) is 0. The lowest BCUT2D eigenvalue weighted by Crippen LogP contribution is -2.51. The largest absolute Gasteiger partial charge is 0.339 e. The Morgan fingerprint density at radius 2 is 1.24 bits per heavy atom. The van der Waals surface area contributed by atoms with Crippen molar-refractivity contribution in [3.8, 4) is 22.5 Å². The third-order valence-electron chi connectivity index (χ3n) is 6.01. The van der Waals surface area contributed by atoms with Crippen LogP contribution in [-0.2, 0) is 4.79 Å². The number of amides is 2. The van der Waals surface area contributed by atoms with Gasteiger partial charge in [-0.1, -0.05) is 73.5 Å². The second-order valence-electron chi connectivity index (χ2n) is 8.96. The maximum atomic E-state index is 13.3. The van der Waals surface area contributed by atoms with Gasteiger partial charge in [0.25, 0.3) is 5.91 Å². The zero-order chi connectivity index (χ0) is 23.5. The molecular weight excluding hydrogens is 412 g/mol. The summed E-state index contributed by atoms with van der Waals surface area (Å²) < 4.78 is 0. The molecule has 4 rings (SSSR count). The first-order valence-corrected chi connectivity index (χ1v) is 11.4. The van der Waals surface area contributed by atoms with E-state index in [0.29, 0.717) is 37.6 Å². The predicted molar refractivity (Wildman–Crippen MR) is 130 cm³/mol. The van der Waals surface area contributed by atoms with Gasteiger partial charge < -0.3 is 9.80 Å². The maximum absolute atomic E-state index is 13.3. The summed E-state index contributed by atoms with van der Waals surface area (Å²) in [5.74, 6) is -0.0570. The third kappa shape index (κ3) is 4.95. The molecule has 0 N–H and O–H groups in total. The Kier molecular flexibility index (Phi) is 6.54. The summed E-state index contributed by atoms with van der Waals surface area (Å²) in [6.07, 6.45) is 1.57. The van der Waals surface area contributed by atoms with E-state index in [1.165, 1.54) is 5.56 Å². The van der Waals surface area contributed by atoms with E-state index in [2.05, 4.69) is 4.98 Å². The molecule has 2 heterocycles. The first-order valence-electron chi connectivity index (χ1n) is 11.4. The Bertz CT molecular complexity index is 1150. The van der Waals surface area contributed by atoms with Gasteiger partial charge in [0.05, 0.1) is 17.6 Å². The molecule has 1 aliphatic rings. The molecule has 3 aromatic rings. The lowest BCUT2D eigenvalue weighted by Gasteiger charge is -2.35. The zero-order valence-electron chi connectivity index (χ0n) is 19.7. The quantitative estimate of drug-likeness (QED) is 0.602. The molecule has 2 aromatic carbocycles. The maximum Gasteiger partial charge on any atom is 0.274 e. The topological polar surface area (TPSA) is 66.4 Å². The number of benzene rings is 2. The Morgan fingerprint density at radius 3 is 1.76 bits per heavy atom. The summed E-state index contributed by atoms with van der Waals surface area (Å²) in [7, 11) is 0. The average Bonchev–Trinajstić information content (AvgIpc) is 2.84. The van der Waals surface area contributed by atoms with Gasteiger partial charge in [0.15, 0.2) is 0 Å². The number of nitrogens with zero attached hydrogens (tertiary/aromatic N) is 4. The Labute approximate surface area is 195 Å². The zero-order valence-corrected chi connectivity index (χ0v) is 19.7. The first kappa shape index (κ1) is 22.6. The van der Waals surface area contributed by atoms with Crippen molar-refractivity contribution >= 4 is 11.8 Å². The van der Waals surface area contributed by atoms with Gasteiger partial charge >= 0.3 is 0 Å². The number of hydrogen-bond acceptors (Lipinski definition) is 4. The summed E-state index contributed by atoms with van der Waals surface area (Å²) in [4.78, 5) is 38.6. The molecule has 0 aliphatic carbocycles. The lowest BCUT2D eigenvalue weighted by atomic mass is 10.0. The van der Waals surface area contributed by atoms with Crippen LogP contribution in [0, 0.1) is 19.8 Å². The van der Waals surface area contributed by atoms with Crippen LogP contribution in [0.15, 0.2) is 54.7 Å². The van der Waals surface area contributed by atoms with Gasteiger partial charge in [0, 0.05) is 43.2 Å². The standard InChI is InChI=1S/C27H30N4O2/c1-18(2)26(32)30-13-15-31(16-14-30)27(33)23-17-28-24(21-9-5-19(3)6-10-21)25(29-23)22-11-7-20(4)8-12-22/h5-12,17-18H,13-16H2,1-4H3. The van der Waals surface area contributed by atoms with Crippen LogP contribution in [-0.4, -0.2) is 57.8 Å². The second-order valence-corrected chi connectivity index (χ2v) is 8.96. The predicted octanol–water partition coefficient (Wildman–Crippen LogP) is 4.37. The molecule has 1 fully saturated rings. The minimum absolute atomic E-state index is 0.0375. The fourth-order valence-electron chi connectivity index (χ4n) is 3.98. The molecule has 0 saturated carbocycles. The summed E-state index contributed by atoms with van der Waals surface area (Å²) in [6, 6.07) is 16.3. The number of aryl methyl sites for hydroxylation is 2. The van der Waals surface area contributed by atoms with Crippen LogP contribution in [0.5, 0.6) is 0 Å². The van der Waals surface area contributed by atoms with Crippen LogP contribution in [0.2, 0.25) is 0 Å². The van der Waals surface area contributed by atoms with E-state index >= 15 is 0 Å². The number of carbonyl (C=O) groups is 2. The number of piperazine rings is 1. The van der Waals surface area contributed by atoms with Crippen molar-refractivity contribution in [2.75, 3.05) is 26.2 Å². The first-order chi connectivity index (χ1) is 15.8. The van der Waals surface area contributed by atoms with E-state index in [4.69, 9.17) is 4.98 Å². The molecule has 0 spiro atoms. The van der Waals surface area contributed by atoms with E-state index in [9.17, 15) is 9.59 Å². The molecule has 170 valence electrons.